The molecule has 8 heteroatoms. The number of benzene rings is 1. The zero-order chi connectivity index (χ0) is 17.4. The smallest absolute Gasteiger partial charge is 0.270 e. The van der Waals surface area contributed by atoms with Gasteiger partial charge in [-0.3, -0.25) is 10.1 Å². The molecule has 0 aliphatic rings. The van der Waals surface area contributed by atoms with E-state index in [9.17, 15) is 10.1 Å². The summed E-state index contributed by atoms with van der Waals surface area (Å²) in [4.78, 5) is 26.4. The van der Waals surface area contributed by atoms with Crippen molar-refractivity contribution in [2.75, 3.05) is 5.73 Å². The topological polar surface area (TPSA) is 124 Å². The van der Waals surface area contributed by atoms with Gasteiger partial charge in [-0.25, -0.2) is 15.0 Å². The van der Waals surface area contributed by atoms with Crippen molar-refractivity contribution < 1.29 is 4.92 Å². The van der Waals surface area contributed by atoms with Crippen LogP contribution in [0, 0.1) is 10.1 Å². The highest BCUT2D eigenvalue weighted by molar-refractivity contribution is 5.93. The van der Waals surface area contributed by atoms with Crippen molar-refractivity contribution in [2.24, 2.45) is 0 Å². The van der Waals surface area contributed by atoms with Crippen molar-refractivity contribution in [2.45, 2.75) is 0 Å². The van der Waals surface area contributed by atoms with Crippen LogP contribution < -0.4 is 5.73 Å². The fourth-order valence-electron chi connectivity index (χ4n) is 2.70. The van der Waals surface area contributed by atoms with Gasteiger partial charge in [-0.2, -0.15) is 0 Å². The molecule has 0 spiro atoms. The van der Waals surface area contributed by atoms with E-state index in [1.165, 1.54) is 12.1 Å². The third kappa shape index (κ3) is 2.65. The van der Waals surface area contributed by atoms with Crippen molar-refractivity contribution in [3.63, 3.8) is 0 Å². The van der Waals surface area contributed by atoms with Crippen LogP contribution in [0.4, 0.5) is 11.6 Å². The monoisotopic (exact) mass is 332 g/mol. The molecule has 3 aromatic heterocycles. The van der Waals surface area contributed by atoms with Gasteiger partial charge in [0.05, 0.1) is 16.3 Å². The van der Waals surface area contributed by atoms with E-state index in [-0.39, 0.29) is 11.6 Å². The second-order valence-electron chi connectivity index (χ2n) is 5.41. The van der Waals surface area contributed by atoms with Crippen LogP contribution in [-0.4, -0.2) is 24.9 Å². The van der Waals surface area contributed by atoms with Crippen LogP contribution in [0.2, 0.25) is 0 Å². The molecular weight excluding hydrogens is 320 g/mol. The molecule has 0 aliphatic heterocycles. The lowest BCUT2D eigenvalue weighted by Crippen LogP contribution is -1.99. The number of aromatic nitrogens is 4. The summed E-state index contributed by atoms with van der Waals surface area (Å²) in [6.07, 6.45) is 3.50. The van der Waals surface area contributed by atoms with Crippen LogP contribution >= 0.6 is 0 Å². The van der Waals surface area contributed by atoms with Crippen molar-refractivity contribution in [1.29, 1.82) is 0 Å². The number of nitro benzene ring substituents is 1. The molecule has 3 N–H and O–H groups in total. The number of nitrogens with two attached hydrogens (primary N) is 1. The highest BCUT2D eigenvalue weighted by Crippen LogP contribution is 2.30. The number of pyridine rings is 1. The van der Waals surface area contributed by atoms with Gasteiger partial charge >= 0.3 is 0 Å². The minimum Gasteiger partial charge on any atom is -0.368 e. The molecule has 0 saturated heterocycles. The van der Waals surface area contributed by atoms with E-state index in [0.717, 1.165) is 16.6 Å². The zero-order valence-corrected chi connectivity index (χ0v) is 12.9. The number of nitrogen functional groups attached to an aromatic ring is 1. The van der Waals surface area contributed by atoms with E-state index >= 15 is 0 Å². The van der Waals surface area contributed by atoms with Crippen molar-refractivity contribution >= 4 is 22.7 Å². The Morgan fingerprint density at radius 1 is 1.08 bits per heavy atom. The normalized spacial score (nSPS) is 10.9. The summed E-state index contributed by atoms with van der Waals surface area (Å²) in [7, 11) is 0. The minimum absolute atomic E-state index is 0.00692. The van der Waals surface area contributed by atoms with Crippen molar-refractivity contribution in [1.82, 2.24) is 19.9 Å². The van der Waals surface area contributed by atoms with Crippen LogP contribution in [0.25, 0.3) is 33.5 Å². The molecule has 8 nitrogen and oxygen atoms in total. The molecule has 0 unspecified atom stereocenters. The van der Waals surface area contributed by atoms with Crippen molar-refractivity contribution in [3.05, 3.63) is 65.0 Å². The Kier molecular flexibility index (Phi) is 3.35. The number of fused-ring (bicyclic) bond motifs is 1. The third-order valence-corrected chi connectivity index (χ3v) is 3.82. The standard InChI is InChI=1S/C17H12N6O2/c18-17-21-14(10-3-1-4-11(7-10)23(24)25)8-15(22-17)13-9-20-16-12(13)5-2-6-19-16/h1-9H,(H,19,20)(H2,18,21,22). The number of hydrogen-bond acceptors (Lipinski definition) is 6. The fourth-order valence-corrected chi connectivity index (χ4v) is 2.70. The lowest BCUT2D eigenvalue weighted by molar-refractivity contribution is -0.384. The number of non-ortho nitro benzene ring substituents is 1. The minimum atomic E-state index is -0.444. The summed E-state index contributed by atoms with van der Waals surface area (Å²) in [5.74, 6) is 0.0947. The van der Waals surface area contributed by atoms with Crippen LogP contribution in [0.3, 0.4) is 0 Å². The molecule has 3 heterocycles. The van der Waals surface area contributed by atoms with Gasteiger partial charge in [0, 0.05) is 41.0 Å². The summed E-state index contributed by atoms with van der Waals surface area (Å²) in [5.41, 5.74) is 9.17. The maximum atomic E-state index is 11.0. The Morgan fingerprint density at radius 2 is 1.92 bits per heavy atom. The molecule has 0 radical (unpaired) electrons. The number of hydrogen-bond donors (Lipinski definition) is 2. The Labute approximate surface area is 141 Å². The third-order valence-electron chi connectivity index (χ3n) is 3.82. The molecule has 0 bridgehead atoms. The Morgan fingerprint density at radius 3 is 2.76 bits per heavy atom. The van der Waals surface area contributed by atoms with Gasteiger partial charge < -0.3 is 10.7 Å². The SMILES string of the molecule is Nc1nc(-c2cccc([N+](=O)[O-])c2)cc(-c2c[nH]c3ncccc23)n1. The summed E-state index contributed by atoms with van der Waals surface area (Å²) < 4.78 is 0. The fraction of sp³-hybridized carbons (Fsp3) is 0. The van der Waals surface area contributed by atoms with Gasteiger partial charge in [0.2, 0.25) is 5.95 Å². The number of aromatic amines is 1. The maximum absolute atomic E-state index is 11.0. The molecule has 0 aliphatic carbocycles. The number of anilines is 1. The van der Waals surface area contributed by atoms with E-state index < -0.39 is 4.92 Å². The molecule has 4 rings (SSSR count). The quantitative estimate of drug-likeness (QED) is 0.438. The lowest BCUT2D eigenvalue weighted by Gasteiger charge is -2.06. The predicted molar refractivity (Wildman–Crippen MR) is 93.6 cm³/mol. The molecular formula is C17H12N6O2. The second-order valence-corrected chi connectivity index (χ2v) is 5.41. The van der Waals surface area contributed by atoms with Crippen molar-refractivity contribution in [3.8, 4) is 22.5 Å². The first-order chi connectivity index (χ1) is 12.1. The number of rotatable bonds is 3. The molecule has 122 valence electrons. The Bertz CT molecular complexity index is 1110. The van der Waals surface area contributed by atoms with E-state index in [4.69, 9.17) is 5.73 Å². The molecule has 1 aromatic carbocycles. The van der Waals surface area contributed by atoms with Gasteiger partial charge in [-0.1, -0.05) is 12.1 Å². The zero-order valence-electron chi connectivity index (χ0n) is 12.9. The highest BCUT2D eigenvalue weighted by Gasteiger charge is 2.13. The number of nitrogens with one attached hydrogen (secondary N) is 1. The van der Waals surface area contributed by atoms with Crippen LogP contribution in [-0.2, 0) is 0 Å². The largest absolute Gasteiger partial charge is 0.368 e. The second kappa shape index (κ2) is 5.68. The van der Waals surface area contributed by atoms with Crippen LogP contribution in [0.1, 0.15) is 0 Å². The van der Waals surface area contributed by atoms with E-state index in [1.54, 1.807) is 30.6 Å². The summed E-state index contributed by atoms with van der Waals surface area (Å²) in [6, 6.07) is 11.8. The average molecular weight is 332 g/mol. The average Bonchev–Trinajstić information content (AvgIpc) is 3.05. The molecule has 0 amide bonds. The first-order valence-corrected chi connectivity index (χ1v) is 7.44. The Balaban J connectivity index is 1.87. The molecule has 25 heavy (non-hydrogen) atoms. The first kappa shape index (κ1) is 14.8. The molecule has 0 saturated carbocycles. The summed E-state index contributed by atoms with van der Waals surface area (Å²) >= 11 is 0. The number of H-pyrrole nitrogens is 1. The Hall–Kier alpha value is -3.81. The maximum Gasteiger partial charge on any atom is 0.270 e. The first-order valence-electron chi connectivity index (χ1n) is 7.44. The van der Waals surface area contributed by atoms with Gasteiger partial charge in [-0.15, -0.1) is 0 Å². The van der Waals surface area contributed by atoms with Crippen LogP contribution in [0.5, 0.6) is 0 Å². The van der Waals surface area contributed by atoms with E-state index in [0.29, 0.717) is 17.0 Å². The molecule has 0 fully saturated rings. The number of nitrogens with zero attached hydrogens (tertiary/aromatic N) is 4. The van der Waals surface area contributed by atoms with E-state index in [2.05, 4.69) is 19.9 Å². The highest BCUT2D eigenvalue weighted by atomic mass is 16.6. The van der Waals surface area contributed by atoms with Crippen LogP contribution in [0.15, 0.2) is 54.9 Å². The lowest BCUT2D eigenvalue weighted by atomic mass is 10.1. The van der Waals surface area contributed by atoms with Gasteiger partial charge in [0.15, 0.2) is 0 Å². The number of nitro groups is 1. The van der Waals surface area contributed by atoms with E-state index in [1.807, 2.05) is 12.1 Å². The van der Waals surface area contributed by atoms with Gasteiger partial charge in [0.25, 0.3) is 5.69 Å². The summed E-state index contributed by atoms with van der Waals surface area (Å²) in [5, 5.41) is 11.9. The summed E-state index contributed by atoms with van der Waals surface area (Å²) in [6.45, 7) is 0. The molecule has 4 aromatic rings. The van der Waals surface area contributed by atoms with Gasteiger partial charge in [-0.05, 0) is 18.2 Å². The van der Waals surface area contributed by atoms with Gasteiger partial charge in [0.1, 0.15) is 5.65 Å². The molecule has 0 atom stereocenters. The predicted octanol–water partition coefficient (Wildman–Crippen LogP) is 3.18.